The molecule has 1 atom stereocenters. The van der Waals surface area contributed by atoms with Crippen LogP contribution in [-0.2, 0) is 9.59 Å². The molecule has 0 spiro atoms. The quantitative estimate of drug-likeness (QED) is 0.539. The van der Waals surface area contributed by atoms with Crippen LogP contribution in [0.2, 0.25) is 0 Å². The molecule has 0 saturated heterocycles. The molecule has 0 heterocycles. The second-order valence-corrected chi connectivity index (χ2v) is 4.70. The summed E-state index contributed by atoms with van der Waals surface area (Å²) >= 11 is 4.69. The molecule has 4 heteroatoms. The molecule has 0 fully saturated rings. The summed E-state index contributed by atoms with van der Waals surface area (Å²) in [5.74, 6) is -0.214. The molecular weight excluding hydrogens is 212 g/mol. The van der Waals surface area contributed by atoms with E-state index in [0.717, 1.165) is 0 Å². The Morgan fingerprint density at radius 1 is 1.33 bits per heavy atom. The lowest BCUT2D eigenvalue weighted by Gasteiger charge is -2.15. The van der Waals surface area contributed by atoms with E-state index in [2.05, 4.69) is 12.2 Å². The van der Waals surface area contributed by atoms with Crippen LogP contribution in [0.5, 0.6) is 0 Å². The van der Waals surface area contributed by atoms with Gasteiger partial charge in [-0.25, -0.2) is 0 Å². The van der Waals surface area contributed by atoms with Crippen LogP contribution in [0, 0.1) is 11.8 Å². The summed E-state index contributed by atoms with van der Waals surface area (Å²) in [6, 6.07) is 0. The van der Waals surface area contributed by atoms with Crippen molar-refractivity contribution in [3.05, 3.63) is 0 Å². The van der Waals surface area contributed by atoms with Crippen molar-refractivity contribution in [3.63, 3.8) is 0 Å². The molecule has 0 aromatic rings. The van der Waals surface area contributed by atoms with Gasteiger partial charge in [0.1, 0.15) is 11.6 Å². The van der Waals surface area contributed by atoms with Crippen LogP contribution in [0.1, 0.15) is 40.0 Å². The van der Waals surface area contributed by atoms with Crippen molar-refractivity contribution in [1.29, 1.82) is 0 Å². The van der Waals surface area contributed by atoms with Crippen molar-refractivity contribution >= 4 is 28.8 Å². The molecule has 0 saturated carbocycles. The third-order valence-corrected chi connectivity index (χ3v) is 2.36. The predicted molar refractivity (Wildman–Crippen MR) is 63.1 cm³/mol. The van der Waals surface area contributed by atoms with Crippen molar-refractivity contribution < 1.29 is 14.7 Å². The molecular formula is C11H18O3S. The van der Waals surface area contributed by atoms with Crippen LogP contribution in [0.4, 0.5) is 0 Å². The van der Waals surface area contributed by atoms with Gasteiger partial charge in [-0.15, -0.1) is 0 Å². The van der Waals surface area contributed by atoms with E-state index in [1.807, 2.05) is 13.8 Å². The zero-order valence-corrected chi connectivity index (χ0v) is 10.3. The number of carbonyl (C=O) groups excluding carboxylic acids is 2. The minimum absolute atomic E-state index is 0.0583. The minimum Gasteiger partial charge on any atom is -0.502 e. The van der Waals surface area contributed by atoms with Gasteiger partial charge < -0.3 is 5.11 Å². The lowest BCUT2D eigenvalue weighted by molar-refractivity contribution is -0.126. The number of aliphatic hydroxyl groups is 1. The molecule has 86 valence electrons. The van der Waals surface area contributed by atoms with Crippen LogP contribution in [0.15, 0.2) is 0 Å². The molecule has 0 aliphatic heterocycles. The predicted octanol–water partition coefficient (Wildman–Crippen LogP) is 2.47. The Bertz CT molecular complexity index is 259. The summed E-state index contributed by atoms with van der Waals surface area (Å²) in [5, 5.41) is 9.11. The van der Waals surface area contributed by atoms with Crippen LogP contribution in [0.3, 0.4) is 0 Å². The maximum absolute atomic E-state index is 11.4. The Kier molecular flexibility index (Phi) is 6.32. The molecule has 0 aliphatic rings. The average molecular weight is 230 g/mol. The van der Waals surface area contributed by atoms with E-state index in [4.69, 9.17) is 0 Å². The van der Waals surface area contributed by atoms with Gasteiger partial charge in [-0.1, -0.05) is 13.8 Å². The smallest absolute Gasteiger partial charge is 0.160 e. The number of ketones is 2. The van der Waals surface area contributed by atoms with E-state index < -0.39 is 0 Å². The fourth-order valence-corrected chi connectivity index (χ4v) is 1.64. The zero-order valence-electron chi connectivity index (χ0n) is 9.45. The highest BCUT2D eigenvalue weighted by molar-refractivity contribution is 7.80. The number of carbonyl (C=O) groups is 2. The monoisotopic (exact) mass is 230 g/mol. The molecule has 3 nitrogen and oxygen atoms in total. The summed E-state index contributed by atoms with van der Waals surface area (Å²) in [4.78, 5) is 22.1. The highest BCUT2D eigenvalue weighted by Crippen LogP contribution is 2.17. The maximum Gasteiger partial charge on any atom is 0.160 e. The normalized spacial score (nSPS) is 12.5. The van der Waals surface area contributed by atoms with E-state index in [0.29, 0.717) is 12.3 Å². The Hall–Kier alpha value is -0.770. The second-order valence-electron chi connectivity index (χ2n) is 4.29. The van der Waals surface area contributed by atoms with Gasteiger partial charge >= 0.3 is 0 Å². The van der Waals surface area contributed by atoms with Crippen molar-refractivity contribution in [2.24, 2.45) is 11.8 Å². The lowest BCUT2D eigenvalue weighted by Crippen LogP contribution is -2.19. The van der Waals surface area contributed by atoms with E-state index in [9.17, 15) is 14.7 Å². The Labute approximate surface area is 95.9 Å². The first-order valence-electron chi connectivity index (χ1n) is 5.06. The van der Waals surface area contributed by atoms with E-state index in [1.54, 1.807) is 0 Å². The van der Waals surface area contributed by atoms with Crippen LogP contribution in [-0.4, -0.2) is 21.7 Å². The van der Waals surface area contributed by atoms with E-state index >= 15 is 0 Å². The summed E-state index contributed by atoms with van der Waals surface area (Å²) in [6.07, 6.45) is 0.795. The van der Waals surface area contributed by atoms with Gasteiger partial charge in [0.05, 0.1) is 6.42 Å². The SMILES string of the molecule is CC(=O)CC(=O)CC(CC(C)C)C(O)=S. The number of aliphatic hydroxyl groups excluding tert-OH is 1. The molecule has 0 radical (unpaired) electrons. The largest absolute Gasteiger partial charge is 0.502 e. The van der Waals surface area contributed by atoms with E-state index in [1.165, 1.54) is 6.92 Å². The zero-order chi connectivity index (χ0) is 12.0. The van der Waals surface area contributed by atoms with Gasteiger partial charge in [0.25, 0.3) is 0 Å². The van der Waals surface area contributed by atoms with Crippen molar-refractivity contribution in [1.82, 2.24) is 0 Å². The highest BCUT2D eigenvalue weighted by atomic mass is 32.1. The van der Waals surface area contributed by atoms with Crippen molar-refractivity contribution in [2.45, 2.75) is 40.0 Å². The first kappa shape index (κ1) is 14.2. The highest BCUT2D eigenvalue weighted by Gasteiger charge is 2.19. The summed E-state index contributed by atoms with van der Waals surface area (Å²) in [7, 11) is 0. The topological polar surface area (TPSA) is 54.4 Å². The molecule has 1 unspecified atom stereocenters. The van der Waals surface area contributed by atoms with Gasteiger partial charge in [-0.05, 0) is 31.5 Å². The molecule has 0 amide bonds. The van der Waals surface area contributed by atoms with Crippen LogP contribution >= 0.6 is 12.2 Å². The first-order valence-corrected chi connectivity index (χ1v) is 5.47. The van der Waals surface area contributed by atoms with Crippen LogP contribution in [0.25, 0.3) is 0 Å². The van der Waals surface area contributed by atoms with Gasteiger partial charge in [0.15, 0.2) is 5.05 Å². The maximum atomic E-state index is 11.4. The Balaban J connectivity index is 4.22. The Morgan fingerprint density at radius 3 is 2.20 bits per heavy atom. The van der Waals surface area contributed by atoms with Gasteiger partial charge in [0.2, 0.25) is 0 Å². The van der Waals surface area contributed by atoms with Gasteiger partial charge in [0, 0.05) is 12.3 Å². The standard InChI is InChI=1S/C11H18O3S/c1-7(2)4-9(11(14)15)6-10(13)5-8(3)12/h7,9H,4-6H2,1-3H3,(H,14,15). The molecule has 0 aromatic heterocycles. The lowest BCUT2D eigenvalue weighted by atomic mass is 9.92. The fraction of sp³-hybridized carbons (Fsp3) is 0.727. The van der Waals surface area contributed by atoms with Gasteiger partial charge in [-0.2, -0.15) is 0 Å². The number of thiocarbonyl (C=S) groups is 1. The molecule has 0 rings (SSSR count). The molecule has 0 aliphatic carbocycles. The first-order chi connectivity index (χ1) is 6.82. The second kappa shape index (κ2) is 6.67. The van der Waals surface area contributed by atoms with Gasteiger partial charge in [-0.3, -0.25) is 9.59 Å². The molecule has 15 heavy (non-hydrogen) atoms. The summed E-state index contributed by atoms with van der Waals surface area (Å²) in [6.45, 7) is 5.38. The summed E-state index contributed by atoms with van der Waals surface area (Å²) in [5.41, 5.74) is 0. The molecule has 0 bridgehead atoms. The molecule has 1 N–H and O–H groups in total. The third kappa shape index (κ3) is 7.19. The third-order valence-electron chi connectivity index (χ3n) is 2.03. The minimum atomic E-state index is -0.285. The summed E-state index contributed by atoms with van der Waals surface area (Å²) < 4.78 is 0. The van der Waals surface area contributed by atoms with Crippen LogP contribution < -0.4 is 0 Å². The molecule has 0 aromatic carbocycles. The fourth-order valence-electron chi connectivity index (χ4n) is 1.47. The Morgan fingerprint density at radius 2 is 1.87 bits per heavy atom. The van der Waals surface area contributed by atoms with Crippen molar-refractivity contribution in [2.75, 3.05) is 0 Å². The van der Waals surface area contributed by atoms with Crippen molar-refractivity contribution in [3.8, 4) is 0 Å². The number of Topliss-reactive ketones (excluding diaryl/α,β-unsaturated/α-hetero) is 2. The number of rotatable bonds is 7. The number of hydrogen-bond acceptors (Lipinski definition) is 3. The van der Waals surface area contributed by atoms with E-state index in [-0.39, 0.29) is 35.4 Å². The average Bonchev–Trinajstić information content (AvgIpc) is 1.99. The number of hydrogen-bond donors (Lipinski definition) is 1.